The van der Waals surface area contributed by atoms with Gasteiger partial charge in [-0.1, -0.05) is 104 Å². The third kappa shape index (κ3) is 12.6. The average molecular weight is 888 g/mol. The lowest BCUT2D eigenvalue weighted by atomic mass is 9.88. The minimum atomic E-state index is -1.86. The fourth-order valence-electron chi connectivity index (χ4n) is 8.29. The largest absolute Gasteiger partial charge is 0.451 e. The molecule has 15 nitrogen and oxygen atoms in total. The SMILES string of the molecule is COC1OC(CO)C(OCc2ccccc2)C(OCc2ccccc2)C1OCCCC(=O)C(=CC(=O)C(OC(C)=O)C(OC)C(=O)N1C(=O)OC(C)(C)C1C(C)C)c1cccc(C)c1. The maximum absolute atomic E-state index is 14.3. The van der Waals surface area contributed by atoms with Crippen LogP contribution in [0.25, 0.3) is 5.57 Å². The first-order valence-corrected chi connectivity index (χ1v) is 21.4. The highest BCUT2D eigenvalue weighted by Gasteiger charge is 2.55. The Morgan fingerprint density at radius 3 is 2.02 bits per heavy atom. The van der Waals surface area contributed by atoms with Crippen molar-refractivity contribution in [2.75, 3.05) is 27.4 Å². The predicted molar refractivity (Wildman–Crippen MR) is 233 cm³/mol. The topological polar surface area (TPSA) is 183 Å². The Labute approximate surface area is 374 Å². The van der Waals surface area contributed by atoms with Crippen molar-refractivity contribution < 1.29 is 67.0 Å². The van der Waals surface area contributed by atoms with E-state index in [4.69, 9.17) is 37.9 Å². The van der Waals surface area contributed by atoms with Gasteiger partial charge in [-0.25, -0.2) is 9.69 Å². The number of amides is 2. The summed E-state index contributed by atoms with van der Waals surface area (Å²) in [7, 11) is 2.61. The molecule has 64 heavy (non-hydrogen) atoms. The molecule has 2 amide bonds. The zero-order valence-electron chi connectivity index (χ0n) is 37.8. The van der Waals surface area contributed by atoms with E-state index in [1.165, 1.54) is 7.11 Å². The van der Waals surface area contributed by atoms with E-state index >= 15 is 0 Å². The van der Waals surface area contributed by atoms with Crippen LogP contribution in [0.15, 0.2) is 91.0 Å². The van der Waals surface area contributed by atoms with E-state index in [0.29, 0.717) is 5.56 Å². The summed E-state index contributed by atoms with van der Waals surface area (Å²) >= 11 is 0. The molecule has 0 radical (unpaired) electrons. The van der Waals surface area contributed by atoms with Crippen molar-refractivity contribution in [2.24, 2.45) is 5.92 Å². The zero-order valence-corrected chi connectivity index (χ0v) is 37.8. The highest BCUT2D eigenvalue weighted by molar-refractivity contribution is 6.25. The summed E-state index contributed by atoms with van der Waals surface area (Å²) < 4.78 is 47.6. The molecular formula is C49H61NO14. The van der Waals surface area contributed by atoms with Crippen LogP contribution in [0.2, 0.25) is 0 Å². The van der Waals surface area contributed by atoms with E-state index in [1.807, 2.05) is 87.5 Å². The van der Waals surface area contributed by atoms with Crippen molar-refractivity contribution >= 4 is 35.1 Å². The zero-order chi connectivity index (χ0) is 46.6. The van der Waals surface area contributed by atoms with E-state index in [-0.39, 0.29) is 50.8 Å². The van der Waals surface area contributed by atoms with Crippen molar-refractivity contribution in [1.29, 1.82) is 0 Å². The Bertz CT molecular complexity index is 2070. The van der Waals surface area contributed by atoms with E-state index < -0.39 is 84.1 Å². The summed E-state index contributed by atoms with van der Waals surface area (Å²) in [5, 5.41) is 10.4. The van der Waals surface area contributed by atoms with Crippen LogP contribution in [0.5, 0.6) is 0 Å². The molecule has 15 heteroatoms. The fraction of sp³-hybridized carbons (Fsp3) is 0.490. The lowest BCUT2D eigenvalue weighted by Crippen LogP contribution is -2.61. The van der Waals surface area contributed by atoms with E-state index in [2.05, 4.69) is 0 Å². The van der Waals surface area contributed by atoms with E-state index in [1.54, 1.807) is 32.0 Å². The van der Waals surface area contributed by atoms with Crippen LogP contribution >= 0.6 is 0 Å². The summed E-state index contributed by atoms with van der Waals surface area (Å²) in [4.78, 5) is 69.0. The number of hydrogen-bond acceptors (Lipinski definition) is 14. The smallest absolute Gasteiger partial charge is 0.417 e. The molecule has 5 rings (SSSR count). The van der Waals surface area contributed by atoms with Gasteiger partial charge in [-0.15, -0.1) is 0 Å². The molecule has 3 aromatic rings. The summed E-state index contributed by atoms with van der Waals surface area (Å²) in [6, 6.07) is 25.4. The fourth-order valence-corrected chi connectivity index (χ4v) is 8.29. The number of hydrogen-bond donors (Lipinski definition) is 1. The number of methoxy groups -OCH3 is 2. The molecule has 1 N–H and O–H groups in total. The van der Waals surface area contributed by atoms with Gasteiger partial charge in [0.15, 0.2) is 30.1 Å². The van der Waals surface area contributed by atoms with Gasteiger partial charge in [0.1, 0.15) is 30.0 Å². The number of aryl methyl sites for hydroxylation is 1. The number of esters is 1. The standard InChI is InChI=1S/C49H61NO14/c1-30(2)45-49(5,6)64-48(56)50(45)46(55)43(57-7)40(62-32(4)52)38(54)26-36(35-22-15-17-31(3)25-35)37(53)23-16-24-59-44-42(61-29-34-20-13-10-14-21-34)41(39(27-51)63-47(44)58-8)60-28-33-18-11-9-12-19-33/h9-15,17-22,25-26,30,39-45,47,51H,16,23-24,27-29H2,1-8H3. The number of carbonyl (C=O) groups excluding carboxylic acids is 5. The number of imide groups is 1. The molecule has 0 saturated carbocycles. The summed E-state index contributed by atoms with van der Waals surface area (Å²) in [5.74, 6) is -3.43. The van der Waals surface area contributed by atoms with Crippen LogP contribution in [0.3, 0.4) is 0 Å². The van der Waals surface area contributed by atoms with Crippen LogP contribution in [0, 0.1) is 12.8 Å². The van der Waals surface area contributed by atoms with Gasteiger partial charge in [0, 0.05) is 39.7 Å². The van der Waals surface area contributed by atoms with Gasteiger partial charge in [0.25, 0.3) is 5.91 Å². The minimum Gasteiger partial charge on any atom is -0.451 e. The maximum Gasteiger partial charge on any atom is 0.417 e. The number of rotatable bonds is 22. The van der Waals surface area contributed by atoms with E-state index in [9.17, 15) is 29.1 Å². The maximum atomic E-state index is 14.3. The molecule has 2 saturated heterocycles. The molecule has 2 heterocycles. The molecule has 3 aromatic carbocycles. The minimum absolute atomic E-state index is 0.00470. The van der Waals surface area contributed by atoms with Gasteiger partial charge in [0.05, 0.1) is 25.9 Å². The van der Waals surface area contributed by atoms with Crippen LogP contribution in [0.1, 0.15) is 69.7 Å². The average Bonchev–Trinajstić information content (AvgIpc) is 3.53. The third-order valence-electron chi connectivity index (χ3n) is 11.1. The normalized spacial score (nSPS) is 23.1. The van der Waals surface area contributed by atoms with Crippen molar-refractivity contribution in [2.45, 2.75) is 122 Å². The molecule has 346 valence electrons. The summed E-state index contributed by atoms with van der Waals surface area (Å²) in [6.45, 7) is 9.94. The van der Waals surface area contributed by atoms with Crippen LogP contribution in [-0.2, 0) is 70.3 Å². The van der Waals surface area contributed by atoms with Crippen LogP contribution in [0.4, 0.5) is 4.79 Å². The first-order chi connectivity index (χ1) is 30.6. The lowest BCUT2D eigenvalue weighted by molar-refractivity contribution is -0.319. The van der Waals surface area contributed by atoms with Crippen molar-refractivity contribution in [3.63, 3.8) is 0 Å². The Hall–Kier alpha value is -5.13. The third-order valence-corrected chi connectivity index (χ3v) is 11.1. The molecule has 2 fully saturated rings. The molecule has 2 aliphatic heterocycles. The van der Waals surface area contributed by atoms with Gasteiger partial charge < -0.3 is 43.0 Å². The molecule has 8 atom stereocenters. The number of aliphatic hydroxyl groups excluding tert-OH is 1. The number of carbonyl (C=O) groups is 5. The van der Waals surface area contributed by atoms with Gasteiger partial charge >= 0.3 is 12.1 Å². The Morgan fingerprint density at radius 1 is 0.844 bits per heavy atom. The number of ether oxygens (including phenoxy) is 8. The Morgan fingerprint density at radius 2 is 1.47 bits per heavy atom. The van der Waals surface area contributed by atoms with E-state index in [0.717, 1.165) is 41.7 Å². The number of cyclic esters (lactones) is 1. The first kappa shape index (κ1) is 49.9. The molecular weight excluding hydrogens is 827 g/mol. The lowest BCUT2D eigenvalue weighted by Gasteiger charge is -2.45. The van der Waals surface area contributed by atoms with Crippen molar-refractivity contribution in [3.8, 4) is 0 Å². The second kappa shape index (κ2) is 23.2. The second-order valence-electron chi connectivity index (χ2n) is 16.7. The number of nitrogens with zero attached hydrogens (tertiary/aromatic N) is 1. The molecule has 0 bridgehead atoms. The van der Waals surface area contributed by atoms with Crippen LogP contribution < -0.4 is 0 Å². The summed E-state index contributed by atoms with van der Waals surface area (Å²) in [6.07, 6.45) is -7.63. The predicted octanol–water partition coefficient (Wildman–Crippen LogP) is 5.95. The number of Topliss-reactive ketones (excluding diaryl/α,β-unsaturated/α-hetero) is 1. The van der Waals surface area contributed by atoms with Gasteiger partial charge in [-0.2, -0.15) is 0 Å². The highest BCUT2D eigenvalue weighted by atomic mass is 16.7. The number of benzene rings is 3. The Kier molecular flexibility index (Phi) is 18.1. The number of ketones is 2. The van der Waals surface area contributed by atoms with Crippen molar-refractivity contribution in [3.05, 3.63) is 113 Å². The highest BCUT2D eigenvalue weighted by Crippen LogP contribution is 2.36. The molecule has 0 spiro atoms. The van der Waals surface area contributed by atoms with Gasteiger partial charge in [-0.3, -0.25) is 19.2 Å². The molecule has 8 unspecified atom stereocenters. The number of aliphatic hydroxyl groups is 1. The molecule has 0 aromatic heterocycles. The number of allylic oxidation sites excluding steroid dienone is 1. The molecule has 2 aliphatic rings. The first-order valence-electron chi connectivity index (χ1n) is 21.4. The quantitative estimate of drug-likeness (QED) is 0.0710. The van der Waals surface area contributed by atoms with Crippen LogP contribution in [-0.4, -0.2) is 122 Å². The monoisotopic (exact) mass is 887 g/mol. The Balaban J connectivity index is 1.38. The van der Waals surface area contributed by atoms with Gasteiger partial charge in [-0.05, 0) is 55.9 Å². The summed E-state index contributed by atoms with van der Waals surface area (Å²) in [5.41, 5.74) is 1.96. The van der Waals surface area contributed by atoms with Crippen molar-refractivity contribution in [1.82, 2.24) is 4.90 Å². The van der Waals surface area contributed by atoms with Gasteiger partial charge in [0.2, 0.25) is 0 Å². The second-order valence-corrected chi connectivity index (χ2v) is 16.7. The molecule has 0 aliphatic carbocycles.